The van der Waals surface area contributed by atoms with Crippen LogP contribution < -0.4 is 0 Å². The summed E-state index contributed by atoms with van der Waals surface area (Å²) in [5.41, 5.74) is 1.90. The molecule has 98 valence electrons. The van der Waals surface area contributed by atoms with E-state index in [2.05, 4.69) is 30.6 Å². The lowest BCUT2D eigenvalue weighted by molar-refractivity contribution is 0.877. The van der Waals surface area contributed by atoms with Crippen molar-refractivity contribution in [2.24, 2.45) is 10.2 Å². The normalized spacial score (nSPS) is 11.6. The van der Waals surface area contributed by atoms with Gasteiger partial charge in [-0.2, -0.15) is 10.2 Å². The van der Waals surface area contributed by atoms with E-state index in [-0.39, 0.29) is 0 Å². The molecule has 0 saturated carbocycles. The van der Waals surface area contributed by atoms with E-state index in [1.807, 2.05) is 24.3 Å². The van der Waals surface area contributed by atoms with Gasteiger partial charge in [0.05, 0.1) is 12.4 Å². The van der Waals surface area contributed by atoms with E-state index in [1.165, 1.54) is 34.7 Å². The molecule has 0 atom stereocenters. The molecule has 0 fully saturated rings. The molecule has 0 bridgehead atoms. The standard InChI is InChI=1S/C12H10N8/c1-2-11(5-17-19-7-13-14-8-19)4-12(3-1)6-18-20-9-15-16-10-20/h1-10H. The number of hydrogen-bond acceptors (Lipinski definition) is 6. The third-order valence-corrected chi connectivity index (χ3v) is 2.40. The summed E-state index contributed by atoms with van der Waals surface area (Å²) >= 11 is 0. The van der Waals surface area contributed by atoms with E-state index in [0.29, 0.717) is 0 Å². The van der Waals surface area contributed by atoms with Crippen molar-refractivity contribution in [1.82, 2.24) is 29.7 Å². The lowest BCUT2D eigenvalue weighted by atomic mass is 10.1. The van der Waals surface area contributed by atoms with Gasteiger partial charge in [-0.15, -0.1) is 20.4 Å². The second-order valence-electron chi connectivity index (χ2n) is 3.84. The maximum Gasteiger partial charge on any atom is 0.141 e. The van der Waals surface area contributed by atoms with Crippen molar-refractivity contribution < 1.29 is 0 Å². The summed E-state index contributed by atoms with van der Waals surface area (Å²) in [5.74, 6) is 0. The molecule has 3 aromatic rings. The van der Waals surface area contributed by atoms with Crippen molar-refractivity contribution in [2.75, 3.05) is 0 Å². The SMILES string of the molecule is C(=Nn1cnnc1)c1cccc(C=Nn2cnnc2)c1. The van der Waals surface area contributed by atoms with Gasteiger partial charge in [0.2, 0.25) is 0 Å². The minimum atomic E-state index is 0.950. The van der Waals surface area contributed by atoms with Crippen LogP contribution in [0, 0.1) is 0 Å². The molecule has 0 spiro atoms. The summed E-state index contributed by atoms with van der Waals surface area (Å²) in [6.45, 7) is 0. The highest BCUT2D eigenvalue weighted by Gasteiger charge is 1.92. The fraction of sp³-hybridized carbons (Fsp3) is 0. The minimum Gasteiger partial charge on any atom is -0.208 e. The number of rotatable bonds is 4. The fourth-order valence-electron chi connectivity index (χ4n) is 1.50. The Labute approximate surface area is 114 Å². The summed E-state index contributed by atoms with van der Waals surface area (Å²) in [5, 5.41) is 23.1. The molecule has 1 aromatic carbocycles. The molecule has 0 unspecified atom stereocenters. The van der Waals surface area contributed by atoms with Gasteiger partial charge in [-0.1, -0.05) is 18.2 Å². The topological polar surface area (TPSA) is 86.1 Å². The van der Waals surface area contributed by atoms with Gasteiger partial charge in [-0.05, 0) is 17.2 Å². The fourth-order valence-corrected chi connectivity index (χ4v) is 1.50. The Bertz CT molecular complexity index is 652. The third kappa shape index (κ3) is 2.99. The molecule has 0 N–H and O–H groups in total. The molecule has 8 nitrogen and oxygen atoms in total. The molecule has 2 heterocycles. The Morgan fingerprint density at radius 2 is 1.20 bits per heavy atom. The van der Waals surface area contributed by atoms with Crippen LogP contribution >= 0.6 is 0 Å². The molecular weight excluding hydrogens is 256 g/mol. The number of nitrogens with zero attached hydrogens (tertiary/aromatic N) is 8. The summed E-state index contributed by atoms with van der Waals surface area (Å²) in [6, 6.07) is 7.79. The molecule has 8 heteroatoms. The van der Waals surface area contributed by atoms with Crippen molar-refractivity contribution in [3.8, 4) is 0 Å². The van der Waals surface area contributed by atoms with Crippen molar-refractivity contribution in [1.29, 1.82) is 0 Å². The van der Waals surface area contributed by atoms with Crippen LogP contribution in [0.5, 0.6) is 0 Å². The third-order valence-electron chi connectivity index (χ3n) is 2.40. The number of benzene rings is 1. The van der Waals surface area contributed by atoms with Crippen LogP contribution in [-0.4, -0.2) is 42.2 Å². The van der Waals surface area contributed by atoms with Gasteiger partial charge in [0.15, 0.2) is 0 Å². The van der Waals surface area contributed by atoms with Crippen LogP contribution in [0.3, 0.4) is 0 Å². The van der Waals surface area contributed by atoms with Crippen LogP contribution in [0.2, 0.25) is 0 Å². The van der Waals surface area contributed by atoms with Gasteiger partial charge in [-0.3, -0.25) is 0 Å². The van der Waals surface area contributed by atoms with E-state index in [1.54, 1.807) is 12.4 Å². The second kappa shape index (κ2) is 5.65. The molecule has 3 rings (SSSR count). The lowest BCUT2D eigenvalue weighted by Crippen LogP contribution is -1.91. The van der Waals surface area contributed by atoms with Crippen molar-refractivity contribution in [3.63, 3.8) is 0 Å². The van der Waals surface area contributed by atoms with Crippen LogP contribution in [0.1, 0.15) is 11.1 Å². The van der Waals surface area contributed by atoms with E-state index < -0.39 is 0 Å². The maximum atomic E-state index is 4.18. The van der Waals surface area contributed by atoms with Crippen molar-refractivity contribution in [3.05, 3.63) is 60.7 Å². The Morgan fingerprint density at radius 3 is 1.65 bits per heavy atom. The van der Waals surface area contributed by atoms with Crippen LogP contribution in [0.4, 0.5) is 0 Å². The second-order valence-corrected chi connectivity index (χ2v) is 3.84. The predicted molar refractivity (Wildman–Crippen MR) is 72.5 cm³/mol. The first-order valence-electron chi connectivity index (χ1n) is 5.78. The smallest absolute Gasteiger partial charge is 0.141 e. The molecule has 0 aliphatic rings. The van der Waals surface area contributed by atoms with E-state index >= 15 is 0 Å². The molecule has 0 saturated heterocycles. The van der Waals surface area contributed by atoms with Crippen LogP contribution in [0.15, 0.2) is 59.8 Å². The Balaban J connectivity index is 1.76. The van der Waals surface area contributed by atoms with E-state index in [9.17, 15) is 0 Å². The molecule has 2 aromatic heterocycles. The van der Waals surface area contributed by atoms with E-state index in [0.717, 1.165) is 11.1 Å². The summed E-state index contributed by atoms with van der Waals surface area (Å²) < 4.78 is 3.05. The minimum absolute atomic E-state index is 0.950. The van der Waals surface area contributed by atoms with E-state index in [4.69, 9.17) is 0 Å². The predicted octanol–water partition coefficient (Wildman–Crippen LogP) is 0.634. The van der Waals surface area contributed by atoms with Gasteiger partial charge in [0.25, 0.3) is 0 Å². The molecule has 0 amide bonds. The average molecular weight is 266 g/mol. The zero-order valence-electron chi connectivity index (χ0n) is 10.4. The number of aromatic nitrogens is 6. The van der Waals surface area contributed by atoms with Crippen molar-refractivity contribution in [2.45, 2.75) is 0 Å². The lowest BCUT2D eigenvalue weighted by Gasteiger charge is -1.96. The van der Waals surface area contributed by atoms with Gasteiger partial charge < -0.3 is 0 Å². The van der Waals surface area contributed by atoms with Crippen LogP contribution in [0.25, 0.3) is 0 Å². The Morgan fingerprint density at radius 1 is 0.750 bits per heavy atom. The first-order valence-corrected chi connectivity index (χ1v) is 5.78. The molecule has 0 aliphatic heterocycles. The molecule has 0 radical (unpaired) electrons. The Hall–Kier alpha value is -3.16. The average Bonchev–Trinajstić information content (AvgIpc) is 3.17. The first-order chi connectivity index (χ1) is 9.90. The van der Waals surface area contributed by atoms with Crippen molar-refractivity contribution >= 4 is 12.4 Å². The quantitative estimate of drug-likeness (QED) is 0.648. The molecule has 20 heavy (non-hydrogen) atoms. The monoisotopic (exact) mass is 266 g/mol. The summed E-state index contributed by atoms with van der Waals surface area (Å²) in [6.07, 6.45) is 9.53. The Kier molecular flexibility index (Phi) is 3.36. The maximum absolute atomic E-state index is 4.18. The molecule has 0 aliphatic carbocycles. The molecular formula is C12H10N8. The highest BCUT2D eigenvalue weighted by molar-refractivity contribution is 5.86. The largest absolute Gasteiger partial charge is 0.208 e. The zero-order chi connectivity index (χ0) is 13.6. The number of hydrogen-bond donors (Lipinski definition) is 0. The van der Waals surface area contributed by atoms with Gasteiger partial charge in [0.1, 0.15) is 25.3 Å². The first kappa shape index (κ1) is 11.9. The van der Waals surface area contributed by atoms with Gasteiger partial charge >= 0.3 is 0 Å². The van der Waals surface area contributed by atoms with Gasteiger partial charge in [0, 0.05) is 0 Å². The zero-order valence-corrected chi connectivity index (χ0v) is 10.4. The highest BCUT2D eigenvalue weighted by atomic mass is 15.4. The van der Waals surface area contributed by atoms with Gasteiger partial charge in [-0.25, -0.2) is 9.35 Å². The highest BCUT2D eigenvalue weighted by Crippen LogP contribution is 2.01. The van der Waals surface area contributed by atoms with Crippen LogP contribution in [-0.2, 0) is 0 Å². The summed E-state index contributed by atoms with van der Waals surface area (Å²) in [7, 11) is 0. The summed E-state index contributed by atoms with van der Waals surface area (Å²) in [4.78, 5) is 0.